The van der Waals surface area contributed by atoms with Gasteiger partial charge in [0, 0.05) is 36.0 Å². The highest BCUT2D eigenvalue weighted by atomic mass is 79.9. The van der Waals surface area contributed by atoms with Crippen LogP contribution >= 0.6 is 15.9 Å². The highest BCUT2D eigenvalue weighted by Gasteiger charge is 2.50. The number of aliphatic imine (C=N–C) groups is 1. The van der Waals surface area contributed by atoms with Crippen molar-refractivity contribution in [2.75, 3.05) is 34.0 Å². The second-order valence-electron chi connectivity index (χ2n) is 9.67. The molecule has 3 aromatic rings. The van der Waals surface area contributed by atoms with E-state index >= 15 is 0 Å². The highest BCUT2D eigenvalue weighted by Crippen LogP contribution is 2.33. The average Bonchev–Trinajstić information content (AvgIpc) is 3.33. The fraction of sp³-hybridized carbons (Fsp3) is 0.355. The summed E-state index contributed by atoms with van der Waals surface area (Å²) in [6.07, 6.45) is 1.06. The van der Waals surface area contributed by atoms with E-state index in [-0.39, 0.29) is 12.5 Å². The largest absolute Gasteiger partial charge is 0.494 e. The lowest BCUT2D eigenvalue weighted by atomic mass is 9.86. The van der Waals surface area contributed by atoms with Crippen LogP contribution in [0.15, 0.2) is 76.2 Å². The Morgan fingerprint density at radius 3 is 2.41 bits per heavy atom. The summed E-state index contributed by atoms with van der Waals surface area (Å²) in [7, 11) is 3.21. The Morgan fingerprint density at radius 2 is 1.73 bits per heavy atom. The van der Waals surface area contributed by atoms with Crippen molar-refractivity contribution in [3.8, 4) is 17.2 Å². The van der Waals surface area contributed by atoms with Crippen molar-refractivity contribution in [1.82, 2.24) is 10.9 Å². The van der Waals surface area contributed by atoms with Crippen molar-refractivity contribution in [2.45, 2.75) is 37.8 Å². The van der Waals surface area contributed by atoms with Gasteiger partial charge in [0.1, 0.15) is 11.9 Å². The van der Waals surface area contributed by atoms with Gasteiger partial charge in [0.25, 0.3) is 5.91 Å². The van der Waals surface area contributed by atoms with Gasteiger partial charge in [-0.3, -0.25) is 10.2 Å². The molecule has 1 aliphatic rings. The molecule has 10 heteroatoms. The average molecular weight is 627 g/mol. The molecule has 2 atom stereocenters. The summed E-state index contributed by atoms with van der Waals surface area (Å²) in [6, 6.07) is 21.0. The number of ether oxygens (including phenoxy) is 4. The summed E-state index contributed by atoms with van der Waals surface area (Å²) in [4.78, 5) is 18.7. The lowest BCUT2D eigenvalue weighted by Gasteiger charge is -2.28. The molecule has 0 bridgehead atoms. The van der Waals surface area contributed by atoms with Crippen molar-refractivity contribution in [3.63, 3.8) is 0 Å². The molecule has 0 spiro atoms. The Kier molecular flexibility index (Phi) is 10.6. The smallest absolute Gasteiger partial charge is 0.266 e. The number of halogens is 1. The molecule has 0 radical (unpaired) electrons. The molecule has 3 N–H and O–H groups in total. The van der Waals surface area contributed by atoms with Gasteiger partial charge in [-0.15, -0.1) is 0 Å². The first-order valence-electron chi connectivity index (χ1n) is 13.5. The number of nitrogens with zero attached hydrogens (tertiary/aromatic N) is 1. The SMILES string of the molecule is COc1ccc(CCNNC(=O)[C@@]2(Cc3ccc(Br)cc3)N=C(c3ccc(OCCCO)cc3)O[C@H]2C)cc1OC. The summed E-state index contributed by atoms with van der Waals surface area (Å²) in [5.41, 5.74) is 7.50. The van der Waals surface area contributed by atoms with Crippen molar-refractivity contribution >= 4 is 27.7 Å². The number of nitrogens with one attached hydrogen (secondary N) is 2. The molecular weight excluding hydrogens is 590 g/mol. The van der Waals surface area contributed by atoms with Crippen LogP contribution in [0.25, 0.3) is 0 Å². The Hall–Kier alpha value is -3.60. The van der Waals surface area contributed by atoms with Gasteiger partial charge >= 0.3 is 0 Å². The first-order valence-corrected chi connectivity index (χ1v) is 14.3. The van der Waals surface area contributed by atoms with E-state index in [1.807, 2.05) is 73.7 Å². The number of carbonyl (C=O) groups is 1. The van der Waals surface area contributed by atoms with E-state index in [2.05, 4.69) is 26.8 Å². The molecule has 1 aliphatic heterocycles. The van der Waals surface area contributed by atoms with E-state index in [9.17, 15) is 4.79 Å². The van der Waals surface area contributed by atoms with Crippen molar-refractivity contribution < 1.29 is 28.8 Å². The van der Waals surface area contributed by atoms with E-state index in [0.717, 1.165) is 21.2 Å². The molecule has 0 saturated carbocycles. The number of benzene rings is 3. The molecule has 9 nitrogen and oxygen atoms in total. The summed E-state index contributed by atoms with van der Waals surface area (Å²) in [5.74, 6) is 2.13. The minimum atomic E-state index is -1.18. The summed E-state index contributed by atoms with van der Waals surface area (Å²) < 4.78 is 23.5. The predicted octanol–water partition coefficient (Wildman–Crippen LogP) is 4.24. The molecular formula is C31H36BrN3O6. The summed E-state index contributed by atoms with van der Waals surface area (Å²) in [6.45, 7) is 2.87. The number of hydrogen-bond donors (Lipinski definition) is 3. The van der Waals surface area contributed by atoms with Gasteiger partial charge in [0.05, 0.1) is 20.8 Å². The van der Waals surface area contributed by atoms with Gasteiger partial charge in [0.2, 0.25) is 5.90 Å². The van der Waals surface area contributed by atoms with Crippen molar-refractivity contribution in [2.24, 2.45) is 4.99 Å². The molecule has 4 rings (SSSR count). The normalized spacial score (nSPS) is 17.9. The Bertz CT molecular complexity index is 1330. The number of methoxy groups -OCH3 is 2. The predicted molar refractivity (Wildman–Crippen MR) is 161 cm³/mol. The Labute approximate surface area is 249 Å². The zero-order valence-electron chi connectivity index (χ0n) is 23.5. The molecule has 1 amide bonds. The maximum absolute atomic E-state index is 13.8. The quantitative estimate of drug-likeness (QED) is 0.182. The zero-order valence-corrected chi connectivity index (χ0v) is 25.1. The van der Waals surface area contributed by atoms with Crippen LogP contribution in [0.3, 0.4) is 0 Å². The van der Waals surface area contributed by atoms with Crippen LogP contribution < -0.4 is 25.1 Å². The van der Waals surface area contributed by atoms with Gasteiger partial charge in [-0.2, -0.15) is 0 Å². The summed E-state index contributed by atoms with van der Waals surface area (Å²) in [5, 5.41) is 8.97. The molecule has 218 valence electrons. The van der Waals surface area contributed by atoms with Gasteiger partial charge in [-0.25, -0.2) is 10.4 Å². The van der Waals surface area contributed by atoms with Gasteiger partial charge < -0.3 is 24.1 Å². The van der Waals surface area contributed by atoms with Crippen molar-refractivity contribution in [3.05, 3.63) is 87.9 Å². The molecule has 3 aromatic carbocycles. The first-order chi connectivity index (χ1) is 19.9. The van der Waals surface area contributed by atoms with E-state index in [4.69, 9.17) is 29.0 Å². The van der Waals surface area contributed by atoms with Crippen LogP contribution in [0, 0.1) is 0 Å². The number of rotatable bonds is 14. The number of hydrazine groups is 1. The number of aliphatic hydroxyl groups is 1. The lowest BCUT2D eigenvalue weighted by Crippen LogP contribution is -2.56. The fourth-order valence-electron chi connectivity index (χ4n) is 4.55. The zero-order chi connectivity index (χ0) is 29.2. The topological polar surface area (TPSA) is 111 Å². The third-order valence-electron chi connectivity index (χ3n) is 6.90. The van der Waals surface area contributed by atoms with Crippen molar-refractivity contribution in [1.29, 1.82) is 0 Å². The lowest BCUT2D eigenvalue weighted by molar-refractivity contribution is -0.129. The maximum Gasteiger partial charge on any atom is 0.266 e. The molecule has 0 unspecified atom stereocenters. The van der Waals surface area contributed by atoms with Crippen LogP contribution in [-0.2, 0) is 22.4 Å². The molecule has 0 aromatic heterocycles. The molecule has 0 saturated heterocycles. The van der Waals surface area contributed by atoms with Gasteiger partial charge in [-0.1, -0.05) is 34.1 Å². The molecule has 0 fully saturated rings. The minimum Gasteiger partial charge on any atom is -0.494 e. The monoisotopic (exact) mass is 625 g/mol. The van der Waals surface area contributed by atoms with E-state index < -0.39 is 11.6 Å². The number of amides is 1. The van der Waals surface area contributed by atoms with Gasteiger partial charge in [-0.05, 0) is 73.0 Å². The molecule has 1 heterocycles. The third-order valence-corrected chi connectivity index (χ3v) is 7.43. The number of hydrogen-bond acceptors (Lipinski definition) is 8. The number of aliphatic hydroxyl groups excluding tert-OH is 1. The van der Waals surface area contributed by atoms with Gasteiger partial charge in [0.15, 0.2) is 17.0 Å². The van der Waals surface area contributed by atoms with E-state index in [0.29, 0.717) is 55.6 Å². The van der Waals surface area contributed by atoms with Crippen LogP contribution in [-0.4, -0.2) is 62.5 Å². The number of carbonyl (C=O) groups excluding carboxylic acids is 1. The Morgan fingerprint density at radius 1 is 1.02 bits per heavy atom. The highest BCUT2D eigenvalue weighted by molar-refractivity contribution is 9.10. The Balaban J connectivity index is 1.49. The van der Waals surface area contributed by atoms with Crippen LogP contribution in [0.1, 0.15) is 30.0 Å². The van der Waals surface area contributed by atoms with Crippen LogP contribution in [0.5, 0.6) is 17.2 Å². The van der Waals surface area contributed by atoms with Crippen LogP contribution in [0.4, 0.5) is 0 Å². The molecule has 0 aliphatic carbocycles. The maximum atomic E-state index is 13.8. The molecule has 41 heavy (non-hydrogen) atoms. The summed E-state index contributed by atoms with van der Waals surface area (Å²) >= 11 is 3.48. The van der Waals surface area contributed by atoms with E-state index in [1.54, 1.807) is 14.2 Å². The second-order valence-corrected chi connectivity index (χ2v) is 10.6. The third kappa shape index (κ3) is 7.58. The second kappa shape index (κ2) is 14.3. The van der Waals surface area contributed by atoms with Crippen LogP contribution in [0.2, 0.25) is 0 Å². The standard InChI is InChI=1S/C31H36BrN3O6/c1-21-31(20-23-5-10-25(32)11-6-23,34-29(41-21)24-8-12-26(13-9-24)40-18-4-17-36)30(37)35-33-16-15-22-7-14-27(38-2)28(19-22)39-3/h5-14,19,21,33,36H,4,15-18,20H2,1-3H3,(H,35,37)/t21-,31-/m0/s1. The fourth-order valence-corrected chi connectivity index (χ4v) is 4.81. The minimum absolute atomic E-state index is 0.0776. The van der Waals surface area contributed by atoms with E-state index in [1.165, 1.54) is 0 Å². The first kappa shape index (κ1) is 30.4.